The van der Waals surface area contributed by atoms with E-state index in [1.54, 1.807) is 0 Å². The molecule has 3 heteroatoms. The molecule has 3 fully saturated rings. The molecule has 1 aromatic carbocycles. The number of hydrogen-bond acceptors (Lipinski definition) is 3. The van der Waals surface area contributed by atoms with E-state index in [0.717, 1.165) is 17.9 Å². The molecule has 0 N–H and O–H groups in total. The summed E-state index contributed by atoms with van der Waals surface area (Å²) in [6, 6.07) is 9.51. The maximum absolute atomic E-state index is 10.6. The second-order valence-corrected chi connectivity index (χ2v) is 8.14. The third kappa shape index (κ3) is 3.23. The summed E-state index contributed by atoms with van der Waals surface area (Å²) in [5.74, 6) is 0. The molecular formula is C21H30N2O. The lowest BCUT2D eigenvalue weighted by atomic mass is 9.70. The second-order valence-electron chi connectivity index (χ2n) is 8.14. The summed E-state index contributed by atoms with van der Waals surface area (Å²) < 4.78 is 0. The molecule has 3 nitrogen and oxygen atoms in total. The smallest absolute Gasteiger partial charge is 0.124 e. The first-order valence-corrected chi connectivity index (χ1v) is 9.80. The number of aldehydes is 1. The van der Waals surface area contributed by atoms with Crippen molar-refractivity contribution < 1.29 is 4.79 Å². The van der Waals surface area contributed by atoms with E-state index in [9.17, 15) is 4.79 Å². The van der Waals surface area contributed by atoms with Crippen LogP contribution in [0.4, 0.5) is 5.69 Å². The van der Waals surface area contributed by atoms with Crippen LogP contribution in [0, 0.1) is 5.41 Å². The van der Waals surface area contributed by atoms with Crippen LogP contribution in [0.1, 0.15) is 50.5 Å². The fraction of sp³-hybridized carbons (Fsp3) is 0.667. The lowest BCUT2D eigenvalue weighted by molar-refractivity contribution is -0.107. The standard InChI is InChI=1S/C21H30N2O/c24-17-8-18-4-6-20(7-5-18)23-15-11-21(12-16-23)9-13-22(14-10-21)19-2-1-3-19/h4-7,17,19H,1-3,8-16H2. The average molecular weight is 326 g/mol. The zero-order valence-electron chi connectivity index (χ0n) is 14.8. The number of benzene rings is 1. The topological polar surface area (TPSA) is 23.6 Å². The van der Waals surface area contributed by atoms with Gasteiger partial charge < -0.3 is 14.6 Å². The Balaban J connectivity index is 1.30. The molecule has 24 heavy (non-hydrogen) atoms. The molecule has 2 aliphatic heterocycles. The van der Waals surface area contributed by atoms with E-state index in [1.165, 1.54) is 76.8 Å². The number of piperidine rings is 2. The Morgan fingerprint density at radius 3 is 2.12 bits per heavy atom. The summed E-state index contributed by atoms with van der Waals surface area (Å²) in [6.07, 6.45) is 11.4. The number of likely N-dealkylation sites (tertiary alicyclic amines) is 1. The zero-order valence-corrected chi connectivity index (χ0v) is 14.8. The van der Waals surface area contributed by atoms with Crippen molar-refractivity contribution in [1.29, 1.82) is 0 Å². The predicted octanol–water partition coefficient (Wildman–Crippen LogP) is 3.66. The van der Waals surface area contributed by atoms with Crippen LogP contribution < -0.4 is 4.90 Å². The van der Waals surface area contributed by atoms with E-state index in [-0.39, 0.29) is 0 Å². The molecule has 0 atom stereocenters. The zero-order chi connectivity index (χ0) is 16.4. The minimum atomic E-state index is 0.529. The fourth-order valence-electron chi connectivity index (χ4n) is 4.79. The molecule has 0 unspecified atom stereocenters. The summed E-state index contributed by atoms with van der Waals surface area (Å²) in [4.78, 5) is 15.9. The Kier molecular flexibility index (Phi) is 4.62. The number of rotatable bonds is 4. The molecule has 0 bridgehead atoms. The van der Waals surface area contributed by atoms with Crippen LogP contribution in [-0.4, -0.2) is 43.4 Å². The highest BCUT2D eigenvalue weighted by Crippen LogP contribution is 2.43. The minimum Gasteiger partial charge on any atom is -0.371 e. The van der Waals surface area contributed by atoms with Crippen LogP contribution in [0.3, 0.4) is 0 Å². The van der Waals surface area contributed by atoms with Crippen molar-refractivity contribution in [3.8, 4) is 0 Å². The van der Waals surface area contributed by atoms with Gasteiger partial charge in [0.2, 0.25) is 0 Å². The van der Waals surface area contributed by atoms with Crippen LogP contribution in [0.25, 0.3) is 0 Å². The number of carbonyl (C=O) groups is 1. The van der Waals surface area contributed by atoms with Gasteiger partial charge in [0.05, 0.1) is 0 Å². The Morgan fingerprint density at radius 2 is 1.58 bits per heavy atom. The number of nitrogens with zero attached hydrogens (tertiary/aromatic N) is 2. The van der Waals surface area contributed by atoms with Crippen LogP contribution in [0.5, 0.6) is 0 Å². The molecule has 1 aliphatic carbocycles. The van der Waals surface area contributed by atoms with Crippen molar-refractivity contribution in [2.45, 2.75) is 57.4 Å². The van der Waals surface area contributed by atoms with Crippen molar-refractivity contribution >= 4 is 12.0 Å². The fourth-order valence-corrected chi connectivity index (χ4v) is 4.79. The first-order valence-electron chi connectivity index (χ1n) is 9.80. The van der Waals surface area contributed by atoms with Crippen molar-refractivity contribution in [1.82, 2.24) is 4.90 Å². The lowest BCUT2D eigenvalue weighted by Gasteiger charge is -2.50. The Labute approximate surface area is 146 Å². The van der Waals surface area contributed by atoms with Crippen molar-refractivity contribution in [3.63, 3.8) is 0 Å². The van der Waals surface area contributed by atoms with Gasteiger partial charge in [-0.1, -0.05) is 18.6 Å². The highest BCUT2D eigenvalue weighted by molar-refractivity contribution is 5.57. The first-order chi connectivity index (χ1) is 11.8. The maximum atomic E-state index is 10.6. The Hall–Kier alpha value is -1.35. The normalized spacial score (nSPS) is 24.8. The quantitative estimate of drug-likeness (QED) is 0.789. The molecule has 0 radical (unpaired) electrons. The molecule has 1 saturated carbocycles. The summed E-state index contributed by atoms with van der Waals surface area (Å²) in [7, 11) is 0. The monoisotopic (exact) mass is 326 g/mol. The highest BCUT2D eigenvalue weighted by Gasteiger charge is 2.39. The second kappa shape index (κ2) is 6.87. The van der Waals surface area contributed by atoms with E-state index in [2.05, 4.69) is 34.1 Å². The van der Waals surface area contributed by atoms with Crippen LogP contribution in [0.2, 0.25) is 0 Å². The van der Waals surface area contributed by atoms with E-state index in [4.69, 9.17) is 0 Å². The van der Waals surface area contributed by atoms with Crippen LogP contribution in [0.15, 0.2) is 24.3 Å². The van der Waals surface area contributed by atoms with Gasteiger partial charge in [0.15, 0.2) is 0 Å². The van der Waals surface area contributed by atoms with Gasteiger partial charge in [-0.2, -0.15) is 0 Å². The van der Waals surface area contributed by atoms with E-state index in [0.29, 0.717) is 11.8 Å². The van der Waals surface area contributed by atoms with Gasteiger partial charge in [-0.05, 0) is 74.7 Å². The summed E-state index contributed by atoms with van der Waals surface area (Å²) in [5, 5.41) is 0. The van der Waals surface area contributed by atoms with Gasteiger partial charge in [0.25, 0.3) is 0 Å². The van der Waals surface area contributed by atoms with Gasteiger partial charge in [-0.25, -0.2) is 0 Å². The third-order valence-electron chi connectivity index (χ3n) is 6.89. The first kappa shape index (κ1) is 16.1. The highest BCUT2D eigenvalue weighted by atomic mass is 16.1. The molecule has 130 valence electrons. The van der Waals surface area contributed by atoms with Gasteiger partial charge in [-0.15, -0.1) is 0 Å². The van der Waals surface area contributed by atoms with Crippen molar-refractivity contribution in [2.24, 2.45) is 5.41 Å². The number of hydrogen-bond donors (Lipinski definition) is 0. The average Bonchev–Trinajstić information content (AvgIpc) is 2.58. The van der Waals surface area contributed by atoms with Gasteiger partial charge in [0, 0.05) is 31.2 Å². The predicted molar refractivity (Wildman–Crippen MR) is 98.5 cm³/mol. The Morgan fingerprint density at radius 1 is 0.958 bits per heavy atom. The summed E-state index contributed by atoms with van der Waals surface area (Å²) in [6.45, 7) is 5.06. The van der Waals surface area contributed by atoms with E-state index in [1.807, 2.05) is 0 Å². The molecular weight excluding hydrogens is 296 g/mol. The Bertz CT molecular complexity index is 546. The lowest BCUT2D eigenvalue weighted by Crippen LogP contribution is -2.50. The van der Waals surface area contributed by atoms with E-state index >= 15 is 0 Å². The molecule has 2 heterocycles. The molecule has 3 aliphatic rings. The summed E-state index contributed by atoms with van der Waals surface area (Å²) >= 11 is 0. The molecule has 0 aromatic heterocycles. The van der Waals surface area contributed by atoms with Gasteiger partial charge in [-0.3, -0.25) is 0 Å². The van der Waals surface area contributed by atoms with E-state index < -0.39 is 0 Å². The molecule has 1 spiro atoms. The number of carbonyl (C=O) groups excluding carboxylic acids is 1. The largest absolute Gasteiger partial charge is 0.371 e. The molecule has 1 aromatic rings. The SMILES string of the molecule is O=CCc1ccc(N2CCC3(CC2)CCN(C2CCC2)CC3)cc1. The maximum Gasteiger partial charge on any atom is 0.124 e. The van der Waals surface area contributed by atoms with Gasteiger partial charge >= 0.3 is 0 Å². The number of anilines is 1. The van der Waals surface area contributed by atoms with Crippen LogP contribution >= 0.6 is 0 Å². The minimum absolute atomic E-state index is 0.529. The van der Waals surface area contributed by atoms with Crippen molar-refractivity contribution in [2.75, 3.05) is 31.1 Å². The van der Waals surface area contributed by atoms with Crippen LogP contribution in [-0.2, 0) is 11.2 Å². The van der Waals surface area contributed by atoms with Crippen molar-refractivity contribution in [3.05, 3.63) is 29.8 Å². The summed E-state index contributed by atoms with van der Waals surface area (Å²) in [5.41, 5.74) is 3.06. The van der Waals surface area contributed by atoms with Gasteiger partial charge in [0.1, 0.15) is 6.29 Å². The molecule has 2 saturated heterocycles. The molecule has 4 rings (SSSR count). The third-order valence-corrected chi connectivity index (χ3v) is 6.89. The molecule has 0 amide bonds.